The molecule has 9 heteroatoms. The largest absolute Gasteiger partial charge is 0.454 e. The third kappa shape index (κ3) is 3.22. The van der Waals surface area contributed by atoms with Crippen molar-refractivity contribution in [3.8, 4) is 11.5 Å². The molecule has 2 fully saturated rings. The molecule has 5 rings (SSSR count). The number of nitrogens with zero attached hydrogens (tertiary/aromatic N) is 4. The van der Waals surface area contributed by atoms with Crippen LogP contribution in [0.3, 0.4) is 0 Å². The van der Waals surface area contributed by atoms with Gasteiger partial charge in [-0.2, -0.15) is 0 Å². The summed E-state index contributed by atoms with van der Waals surface area (Å²) in [6.45, 7) is 8.14. The normalized spacial score (nSPS) is 25.3. The van der Waals surface area contributed by atoms with Crippen molar-refractivity contribution in [2.45, 2.75) is 13.0 Å². The third-order valence-corrected chi connectivity index (χ3v) is 5.64. The van der Waals surface area contributed by atoms with E-state index in [9.17, 15) is 0 Å². The molecule has 2 N–H and O–H groups in total. The SMILES string of the molecule is Cc1nonc1N1CCN(CC2CNNC2c2ccc3c(c2)OCO3)CC1. The molecule has 2 aromatic rings. The number of aromatic nitrogens is 2. The Labute approximate surface area is 157 Å². The van der Waals surface area contributed by atoms with Gasteiger partial charge in [-0.25, -0.2) is 10.1 Å². The second-order valence-corrected chi connectivity index (χ2v) is 7.34. The van der Waals surface area contributed by atoms with E-state index in [-0.39, 0.29) is 6.04 Å². The fraction of sp³-hybridized carbons (Fsp3) is 0.556. The van der Waals surface area contributed by atoms with Crippen molar-refractivity contribution in [3.63, 3.8) is 0 Å². The quantitative estimate of drug-likeness (QED) is 0.805. The van der Waals surface area contributed by atoms with E-state index in [1.807, 2.05) is 13.0 Å². The molecule has 0 amide bonds. The van der Waals surface area contributed by atoms with Crippen molar-refractivity contribution in [2.75, 3.05) is 51.0 Å². The maximum Gasteiger partial charge on any atom is 0.231 e. The molecule has 0 spiro atoms. The molecule has 0 radical (unpaired) electrons. The second-order valence-electron chi connectivity index (χ2n) is 7.34. The fourth-order valence-electron chi connectivity index (χ4n) is 4.16. The number of piperazine rings is 1. The summed E-state index contributed by atoms with van der Waals surface area (Å²) in [6.07, 6.45) is 0. The van der Waals surface area contributed by atoms with Gasteiger partial charge in [-0.15, -0.1) is 0 Å². The van der Waals surface area contributed by atoms with Gasteiger partial charge in [0.05, 0.1) is 6.04 Å². The number of fused-ring (bicyclic) bond motifs is 1. The van der Waals surface area contributed by atoms with E-state index in [1.165, 1.54) is 5.56 Å². The number of hydrogen-bond donors (Lipinski definition) is 2. The zero-order chi connectivity index (χ0) is 18.2. The van der Waals surface area contributed by atoms with Crippen LogP contribution in [0.5, 0.6) is 11.5 Å². The predicted molar refractivity (Wildman–Crippen MR) is 97.6 cm³/mol. The molecule has 1 aromatic carbocycles. The monoisotopic (exact) mass is 372 g/mol. The molecule has 2 atom stereocenters. The highest BCUT2D eigenvalue weighted by Gasteiger charge is 2.32. The first-order chi connectivity index (χ1) is 13.3. The lowest BCUT2D eigenvalue weighted by Gasteiger charge is -2.36. The molecule has 1 aromatic heterocycles. The van der Waals surface area contributed by atoms with Crippen LogP contribution >= 0.6 is 0 Å². The Hall–Kier alpha value is -2.36. The summed E-state index contributed by atoms with van der Waals surface area (Å²) in [6, 6.07) is 6.49. The molecular formula is C18H24N6O3. The highest BCUT2D eigenvalue weighted by molar-refractivity contribution is 5.45. The van der Waals surface area contributed by atoms with Gasteiger partial charge >= 0.3 is 0 Å². The van der Waals surface area contributed by atoms with E-state index < -0.39 is 0 Å². The first-order valence-electron chi connectivity index (χ1n) is 9.42. The van der Waals surface area contributed by atoms with Gasteiger partial charge in [0, 0.05) is 45.2 Å². The average Bonchev–Trinajstić information content (AvgIpc) is 3.42. The van der Waals surface area contributed by atoms with Crippen LogP contribution in [0.1, 0.15) is 17.3 Å². The molecule has 9 nitrogen and oxygen atoms in total. The van der Waals surface area contributed by atoms with Gasteiger partial charge in [0.1, 0.15) is 5.69 Å². The van der Waals surface area contributed by atoms with Gasteiger partial charge in [0.15, 0.2) is 17.3 Å². The Balaban J connectivity index is 1.21. The number of ether oxygens (including phenoxy) is 2. The molecule has 0 saturated carbocycles. The Kier molecular flexibility index (Phi) is 4.35. The molecule has 2 saturated heterocycles. The highest BCUT2D eigenvalue weighted by Crippen LogP contribution is 2.36. The summed E-state index contributed by atoms with van der Waals surface area (Å²) in [7, 11) is 0. The first-order valence-corrected chi connectivity index (χ1v) is 9.42. The van der Waals surface area contributed by atoms with Crippen LogP contribution in [0.25, 0.3) is 0 Å². The molecule has 0 bridgehead atoms. The number of rotatable bonds is 4. The Bertz CT molecular complexity index is 804. The van der Waals surface area contributed by atoms with E-state index in [0.717, 1.165) is 62.3 Å². The number of hydrogen-bond acceptors (Lipinski definition) is 9. The van der Waals surface area contributed by atoms with Crippen LogP contribution in [0, 0.1) is 12.8 Å². The standard InChI is InChI=1S/C18H24N6O3/c1-12-18(22-27-21-12)24-6-4-23(5-7-24)10-14-9-19-20-17(14)13-2-3-15-16(8-13)26-11-25-15/h2-3,8,14,17,19-20H,4-7,9-11H2,1H3. The zero-order valence-electron chi connectivity index (χ0n) is 15.4. The van der Waals surface area contributed by atoms with Crippen molar-refractivity contribution in [2.24, 2.45) is 5.92 Å². The summed E-state index contributed by atoms with van der Waals surface area (Å²) in [4.78, 5) is 4.78. The smallest absolute Gasteiger partial charge is 0.231 e. The maximum atomic E-state index is 5.54. The third-order valence-electron chi connectivity index (χ3n) is 5.64. The lowest BCUT2D eigenvalue weighted by molar-refractivity contribution is 0.174. The Morgan fingerprint density at radius 2 is 1.96 bits per heavy atom. The van der Waals surface area contributed by atoms with Crippen molar-refractivity contribution < 1.29 is 14.1 Å². The number of benzene rings is 1. The molecule has 0 aliphatic carbocycles. The van der Waals surface area contributed by atoms with Crippen LogP contribution in [-0.4, -0.2) is 61.3 Å². The number of anilines is 1. The van der Waals surface area contributed by atoms with Crippen molar-refractivity contribution in [1.29, 1.82) is 0 Å². The molecule has 3 aliphatic heterocycles. The van der Waals surface area contributed by atoms with Crippen molar-refractivity contribution in [3.05, 3.63) is 29.5 Å². The van der Waals surface area contributed by atoms with Gasteiger partial charge in [0.25, 0.3) is 0 Å². The molecule has 2 unspecified atom stereocenters. The van der Waals surface area contributed by atoms with E-state index in [1.54, 1.807) is 0 Å². The van der Waals surface area contributed by atoms with Crippen LogP contribution in [0.2, 0.25) is 0 Å². The molecule has 3 aliphatic rings. The van der Waals surface area contributed by atoms with Crippen LogP contribution in [0.15, 0.2) is 22.8 Å². The fourth-order valence-corrected chi connectivity index (χ4v) is 4.16. The minimum Gasteiger partial charge on any atom is -0.454 e. The minimum atomic E-state index is 0.263. The Morgan fingerprint density at radius 3 is 2.78 bits per heavy atom. The summed E-state index contributed by atoms with van der Waals surface area (Å²) < 4.78 is 15.8. The van der Waals surface area contributed by atoms with Gasteiger partial charge in [-0.05, 0) is 29.8 Å². The van der Waals surface area contributed by atoms with Crippen LogP contribution in [-0.2, 0) is 0 Å². The number of aryl methyl sites for hydroxylation is 1. The molecular weight excluding hydrogens is 348 g/mol. The van der Waals surface area contributed by atoms with Crippen molar-refractivity contribution in [1.82, 2.24) is 26.1 Å². The lowest BCUT2D eigenvalue weighted by atomic mass is 9.94. The molecule has 27 heavy (non-hydrogen) atoms. The van der Waals surface area contributed by atoms with Gasteiger partial charge in [0.2, 0.25) is 6.79 Å². The lowest BCUT2D eigenvalue weighted by Crippen LogP contribution is -2.48. The summed E-state index contributed by atoms with van der Waals surface area (Å²) in [5, 5.41) is 7.91. The van der Waals surface area contributed by atoms with E-state index in [4.69, 9.17) is 14.1 Å². The summed E-state index contributed by atoms with van der Waals surface area (Å²) in [5.41, 5.74) is 8.85. The van der Waals surface area contributed by atoms with Gasteiger partial charge in [-0.1, -0.05) is 11.2 Å². The van der Waals surface area contributed by atoms with Crippen LogP contribution in [0.4, 0.5) is 5.82 Å². The zero-order valence-corrected chi connectivity index (χ0v) is 15.4. The average molecular weight is 372 g/mol. The van der Waals surface area contributed by atoms with E-state index in [2.05, 4.69) is 43.1 Å². The van der Waals surface area contributed by atoms with Gasteiger partial charge in [-0.3, -0.25) is 10.3 Å². The summed E-state index contributed by atoms with van der Waals surface area (Å²) >= 11 is 0. The van der Waals surface area contributed by atoms with E-state index in [0.29, 0.717) is 12.7 Å². The highest BCUT2D eigenvalue weighted by atomic mass is 16.7. The predicted octanol–water partition coefficient (Wildman–Crippen LogP) is 0.694. The number of nitrogens with one attached hydrogen (secondary N) is 2. The number of hydrazine groups is 1. The van der Waals surface area contributed by atoms with E-state index >= 15 is 0 Å². The minimum absolute atomic E-state index is 0.263. The van der Waals surface area contributed by atoms with Crippen molar-refractivity contribution >= 4 is 5.82 Å². The molecule has 4 heterocycles. The van der Waals surface area contributed by atoms with Crippen LogP contribution < -0.4 is 25.2 Å². The second kappa shape index (κ2) is 6.99. The maximum absolute atomic E-state index is 5.54. The first kappa shape index (κ1) is 16.8. The molecule has 144 valence electrons. The topological polar surface area (TPSA) is 87.9 Å². The summed E-state index contributed by atoms with van der Waals surface area (Å²) in [5.74, 6) is 3.03. The Morgan fingerprint density at radius 1 is 1.11 bits per heavy atom. The van der Waals surface area contributed by atoms with Gasteiger partial charge < -0.3 is 14.4 Å².